The summed E-state index contributed by atoms with van der Waals surface area (Å²) in [5, 5.41) is 3.02. The van der Waals surface area contributed by atoms with Gasteiger partial charge in [-0.25, -0.2) is 0 Å². The molecule has 3 N–H and O–H groups in total. The lowest BCUT2D eigenvalue weighted by Gasteiger charge is -2.10. The Kier molecular flexibility index (Phi) is 3.25. The van der Waals surface area contributed by atoms with Crippen LogP contribution >= 0.6 is 0 Å². The standard InChI is InChI=1S/C13H15N3O3/c1-7(11(14)17)6-15-8-3-4-9-10(5-8)13(19)16(2)12(9)18/h3-5,7,15H,6H2,1-2H3,(H2,14,17). The number of carbonyl (C=O) groups excluding carboxylic acids is 3. The maximum Gasteiger partial charge on any atom is 0.261 e. The highest BCUT2D eigenvalue weighted by Crippen LogP contribution is 2.24. The zero-order valence-electron chi connectivity index (χ0n) is 10.8. The number of hydrogen-bond acceptors (Lipinski definition) is 4. The summed E-state index contributed by atoms with van der Waals surface area (Å²) < 4.78 is 0. The van der Waals surface area contributed by atoms with E-state index in [1.165, 1.54) is 7.05 Å². The van der Waals surface area contributed by atoms with Crippen LogP contribution in [-0.4, -0.2) is 36.2 Å². The predicted octanol–water partition coefficient (Wildman–Crippen LogP) is 0.446. The van der Waals surface area contributed by atoms with Crippen LogP contribution < -0.4 is 11.1 Å². The molecular weight excluding hydrogens is 246 g/mol. The fourth-order valence-electron chi connectivity index (χ4n) is 1.84. The van der Waals surface area contributed by atoms with Crippen LogP contribution in [0, 0.1) is 5.92 Å². The van der Waals surface area contributed by atoms with E-state index in [2.05, 4.69) is 5.32 Å². The molecule has 1 atom stereocenters. The molecule has 19 heavy (non-hydrogen) atoms. The van der Waals surface area contributed by atoms with E-state index in [-0.39, 0.29) is 23.6 Å². The third-order valence-electron chi connectivity index (χ3n) is 3.19. The van der Waals surface area contributed by atoms with Crippen LogP contribution in [0.1, 0.15) is 27.6 Å². The molecule has 0 radical (unpaired) electrons. The lowest BCUT2D eigenvalue weighted by Crippen LogP contribution is -2.26. The molecule has 1 aliphatic heterocycles. The van der Waals surface area contributed by atoms with Gasteiger partial charge in [0.05, 0.1) is 17.0 Å². The number of benzene rings is 1. The van der Waals surface area contributed by atoms with Gasteiger partial charge in [0.1, 0.15) is 0 Å². The van der Waals surface area contributed by atoms with E-state index in [1.807, 2.05) is 0 Å². The monoisotopic (exact) mass is 261 g/mol. The SMILES string of the molecule is CC(CNc1ccc2c(c1)C(=O)N(C)C2=O)C(N)=O. The molecule has 100 valence electrons. The van der Waals surface area contributed by atoms with Crippen LogP contribution in [0.2, 0.25) is 0 Å². The Hall–Kier alpha value is -2.37. The first-order chi connectivity index (χ1) is 8.91. The summed E-state index contributed by atoms with van der Waals surface area (Å²) in [7, 11) is 1.45. The molecule has 1 unspecified atom stereocenters. The number of nitrogens with zero attached hydrogens (tertiary/aromatic N) is 1. The number of carbonyl (C=O) groups is 3. The normalized spacial score (nSPS) is 15.4. The second-order valence-corrected chi connectivity index (χ2v) is 4.61. The Balaban J connectivity index is 2.17. The van der Waals surface area contributed by atoms with Gasteiger partial charge >= 0.3 is 0 Å². The van der Waals surface area contributed by atoms with E-state index in [9.17, 15) is 14.4 Å². The van der Waals surface area contributed by atoms with Crippen LogP contribution in [0.3, 0.4) is 0 Å². The molecular formula is C13H15N3O3. The molecule has 2 rings (SSSR count). The summed E-state index contributed by atoms with van der Waals surface area (Å²) in [6.45, 7) is 2.09. The van der Waals surface area contributed by atoms with Gasteiger partial charge in [0.15, 0.2) is 0 Å². The number of rotatable bonds is 4. The number of hydrogen-bond donors (Lipinski definition) is 2. The summed E-state index contributed by atoms with van der Waals surface area (Å²) >= 11 is 0. The highest BCUT2D eigenvalue weighted by Gasteiger charge is 2.32. The van der Waals surface area contributed by atoms with Crippen LogP contribution in [0.5, 0.6) is 0 Å². The lowest BCUT2D eigenvalue weighted by atomic mass is 10.1. The minimum Gasteiger partial charge on any atom is -0.384 e. The van der Waals surface area contributed by atoms with E-state index in [0.29, 0.717) is 23.4 Å². The maximum atomic E-state index is 11.8. The topological polar surface area (TPSA) is 92.5 Å². The minimum absolute atomic E-state index is 0.294. The van der Waals surface area contributed by atoms with Crippen LogP contribution in [0.25, 0.3) is 0 Å². The van der Waals surface area contributed by atoms with Gasteiger partial charge < -0.3 is 11.1 Å². The van der Waals surface area contributed by atoms with Gasteiger partial charge in [-0.3, -0.25) is 19.3 Å². The number of anilines is 1. The van der Waals surface area contributed by atoms with Crippen molar-refractivity contribution in [1.82, 2.24) is 4.90 Å². The summed E-state index contributed by atoms with van der Waals surface area (Å²) in [5.74, 6) is -1.31. The first-order valence-corrected chi connectivity index (χ1v) is 5.91. The second kappa shape index (κ2) is 4.72. The van der Waals surface area contributed by atoms with Crippen LogP contribution in [0.15, 0.2) is 18.2 Å². The van der Waals surface area contributed by atoms with Crippen molar-refractivity contribution in [2.45, 2.75) is 6.92 Å². The van der Waals surface area contributed by atoms with Crippen LogP contribution in [-0.2, 0) is 4.79 Å². The Morgan fingerprint density at radius 1 is 1.32 bits per heavy atom. The quantitative estimate of drug-likeness (QED) is 0.769. The van der Waals surface area contributed by atoms with Gasteiger partial charge in [0.2, 0.25) is 5.91 Å². The molecule has 6 heteroatoms. The van der Waals surface area contributed by atoms with Crippen molar-refractivity contribution < 1.29 is 14.4 Å². The molecule has 3 amide bonds. The van der Waals surface area contributed by atoms with E-state index in [4.69, 9.17) is 5.73 Å². The number of nitrogens with one attached hydrogen (secondary N) is 1. The summed E-state index contributed by atoms with van der Waals surface area (Å²) in [6.07, 6.45) is 0. The van der Waals surface area contributed by atoms with Crippen molar-refractivity contribution in [3.05, 3.63) is 29.3 Å². The highest BCUT2D eigenvalue weighted by atomic mass is 16.2. The summed E-state index contributed by atoms with van der Waals surface area (Å²) in [5.41, 5.74) is 6.63. The number of fused-ring (bicyclic) bond motifs is 1. The summed E-state index contributed by atoms with van der Waals surface area (Å²) in [4.78, 5) is 35.5. The lowest BCUT2D eigenvalue weighted by molar-refractivity contribution is -0.120. The Morgan fingerprint density at radius 3 is 2.58 bits per heavy atom. The first kappa shape index (κ1) is 13.1. The Morgan fingerprint density at radius 2 is 1.95 bits per heavy atom. The van der Waals surface area contributed by atoms with Crippen molar-refractivity contribution in [2.24, 2.45) is 11.7 Å². The third-order valence-corrected chi connectivity index (χ3v) is 3.19. The van der Waals surface area contributed by atoms with Crippen molar-refractivity contribution in [1.29, 1.82) is 0 Å². The molecule has 0 aliphatic carbocycles. The molecule has 1 aliphatic rings. The van der Waals surface area contributed by atoms with Gasteiger partial charge in [0.25, 0.3) is 11.8 Å². The molecule has 1 aromatic carbocycles. The second-order valence-electron chi connectivity index (χ2n) is 4.61. The fourth-order valence-corrected chi connectivity index (χ4v) is 1.84. The zero-order valence-corrected chi connectivity index (χ0v) is 10.8. The van der Waals surface area contributed by atoms with Gasteiger partial charge in [-0.05, 0) is 18.2 Å². The number of primary amides is 1. The van der Waals surface area contributed by atoms with Crippen LogP contribution in [0.4, 0.5) is 5.69 Å². The van der Waals surface area contributed by atoms with E-state index < -0.39 is 0 Å². The summed E-state index contributed by atoms with van der Waals surface area (Å²) in [6, 6.07) is 4.93. The van der Waals surface area contributed by atoms with Gasteiger partial charge in [-0.2, -0.15) is 0 Å². The molecule has 0 aromatic heterocycles. The molecule has 1 heterocycles. The molecule has 1 aromatic rings. The van der Waals surface area contributed by atoms with Crippen molar-refractivity contribution in [3.8, 4) is 0 Å². The first-order valence-electron chi connectivity index (χ1n) is 5.91. The molecule has 0 fully saturated rings. The number of imide groups is 1. The molecule has 0 saturated carbocycles. The molecule has 0 bridgehead atoms. The highest BCUT2D eigenvalue weighted by molar-refractivity contribution is 6.21. The maximum absolute atomic E-state index is 11.8. The Labute approximate surface area is 110 Å². The fraction of sp³-hybridized carbons (Fsp3) is 0.308. The predicted molar refractivity (Wildman–Crippen MR) is 69.7 cm³/mol. The van der Waals surface area contributed by atoms with Crippen molar-refractivity contribution in [3.63, 3.8) is 0 Å². The van der Waals surface area contributed by atoms with Crippen molar-refractivity contribution >= 4 is 23.4 Å². The van der Waals surface area contributed by atoms with Gasteiger partial charge in [-0.1, -0.05) is 6.92 Å². The number of amides is 3. The molecule has 6 nitrogen and oxygen atoms in total. The minimum atomic E-state index is -0.389. The number of nitrogens with two attached hydrogens (primary N) is 1. The largest absolute Gasteiger partial charge is 0.384 e. The van der Waals surface area contributed by atoms with E-state index >= 15 is 0 Å². The third kappa shape index (κ3) is 2.29. The van der Waals surface area contributed by atoms with Gasteiger partial charge in [0, 0.05) is 19.3 Å². The average molecular weight is 261 g/mol. The van der Waals surface area contributed by atoms with E-state index in [1.54, 1.807) is 25.1 Å². The average Bonchev–Trinajstić information content (AvgIpc) is 2.61. The van der Waals surface area contributed by atoms with Gasteiger partial charge in [-0.15, -0.1) is 0 Å². The van der Waals surface area contributed by atoms with Crippen molar-refractivity contribution in [2.75, 3.05) is 18.9 Å². The Bertz CT molecular complexity index is 568. The molecule has 0 saturated heterocycles. The smallest absolute Gasteiger partial charge is 0.261 e. The molecule has 0 spiro atoms. The zero-order chi connectivity index (χ0) is 14.2. The van der Waals surface area contributed by atoms with E-state index in [0.717, 1.165) is 4.90 Å².